The van der Waals surface area contributed by atoms with Gasteiger partial charge in [-0.15, -0.1) is 0 Å². The number of primary sulfonamides is 1. The third-order valence-electron chi connectivity index (χ3n) is 5.27. The second kappa shape index (κ2) is 9.64. The van der Waals surface area contributed by atoms with Crippen molar-refractivity contribution in [2.24, 2.45) is 5.14 Å². The van der Waals surface area contributed by atoms with E-state index >= 15 is 4.39 Å². The predicted molar refractivity (Wildman–Crippen MR) is 124 cm³/mol. The van der Waals surface area contributed by atoms with Gasteiger partial charge in [-0.25, -0.2) is 22.3 Å². The van der Waals surface area contributed by atoms with Gasteiger partial charge in [0.1, 0.15) is 5.82 Å². The number of allylic oxidation sites excluding steroid dienone is 2. The molecule has 8 heteroatoms. The normalized spacial score (nSPS) is 17.6. The fourth-order valence-corrected chi connectivity index (χ4v) is 4.01. The standard InChI is InChI=1S/C21H16F2N2O3S.C4H8/c22-16-9-5-14(6-10-16)13-25-19-4-2-1-3-18(19)21(23,20(25)26)15-7-11-17(12-8-15)29(24,27)28;1-3-4-2/h1-12H,13H2,(H2,24,27,28);3-4H,1-2H3/b;4-3-. The first kappa shape index (κ1) is 24.3. The first-order valence-corrected chi connectivity index (χ1v) is 11.7. The van der Waals surface area contributed by atoms with Crippen molar-refractivity contribution in [3.8, 4) is 0 Å². The lowest BCUT2D eigenvalue weighted by Gasteiger charge is -2.22. The fraction of sp³-hybridized carbons (Fsp3) is 0.160. The Morgan fingerprint density at radius 1 is 0.939 bits per heavy atom. The number of amides is 1. The molecule has 0 aliphatic carbocycles. The Labute approximate surface area is 192 Å². The molecular formula is C25H24F2N2O3S. The molecule has 0 spiro atoms. The van der Waals surface area contributed by atoms with Crippen molar-refractivity contribution in [2.45, 2.75) is 31.0 Å². The van der Waals surface area contributed by atoms with Gasteiger partial charge in [-0.1, -0.05) is 54.6 Å². The van der Waals surface area contributed by atoms with Crippen LogP contribution in [-0.2, 0) is 27.0 Å². The SMILES string of the molecule is C/C=C\C.NS(=O)(=O)c1ccc(C2(F)C(=O)N(Cc3ccc(F)cc3)c3ccccc32)cc1. The lowest BCUT2D eigenvalue weighted by molar-refractivity contribution is -0.127. The summed E-state index contributed by atoms with van der Waals surface area (Å²) in [6.45, 7) is 4.07. The predicted octanol–water partition coefficient (Wildman–Crippen LogP) is 4.82. The highest BCUT2D eigenvalue weighted by atomic mass is 32.2. The molecule has 0 fully saturated rings. The summed E-state index contributed by atoms with van der Waals surface area (Å²) in [5.74, 6) is -1.21. The van der Waals surface area contributed by atoms with Crippen molar-refractivity contribution in [2.75, 3.05) is 4.90 Å². The molecule has 3 aromatic carbocycles. The van der Waals surface area contributed by atoms with Crippen LogP contribution >= 0.6 is 0 Å². The zero-order valence-electron chi connectivity index (χ0n) is 18.2. The van der Waals surface area contributed by atoms with Gasteiger partial charge in [0, 0.05) is 11.1 Å². The number of hydrogen-bond donors (Lipinski definition) is 1. The van der Waals surface area contributed by atoms with E-state index in [1.165, 1.54) is 59.5 Å². The van der Waals surface area contributed by atoms with E-state index in [0.717, 1.165) is 0 Å². The maximum absolute atomic E-state index is 16.2. The molecule has 0 radical (unpaired) electrons. The van der Waals surface area contributed by atoms with Crippen molar-refractivity contribution >= 4 is 21.6 Å². The molecule has 1 heterocycles. The third-order valence-corrected chi connectivity index (χ3v) is 6.20. The van der Waals surface area contributed by atoms with Crippen molar-refractivity contribution in [1.29, 1.82) is 0 Å². The van der Waals surface area contributed by atoms with E-state index < -0.39 is 27.4 Å². The zero-order chi connectivity index (χ0) is 24.2. The lowest BCUT2D eigenvalue weighted by atomic mass is 9.89. The molecule has 0 aromatic heterocycles. The molecular weight excluding hydrogens is 446 g/mol. The average molecular weight is 471 g/mol. The van der Waals surface area contributed by atoms with E-state index in [1.54, 1.807) is 18.2 Å². The molecule has 2 N–H and O–H groups in total. The fourth-order valence-electron chi connectivity index (χ4n) is 3.49. The number of rotatable bonds is 4. The molecule has 1 aliphatic rings. The van der Waals surface area contributed by atoms with Crippen molar-refractivity contribution in [3.05, 3.63) is 107 Å². The van der Waals surface area contributed by atoms with Gasteiger partial charge >= 0.3 is 0 Å². The van der Waals surface area contributed by atoms with Gasteiger partial charge in [-0.2, -0.15) is 0 Å². The van der Waals surface area contributed by atoms with Crippen LogP contribution in [0.15, 0.2) is 89.8 Å². The summed E-state index contributed by atoms with van der Waals surface area (Å²) in [6, 6.07) is 16.9. The van der Waals surface area contributed by atoms with Crippen molar-refractivity contribution < 1.29 is 22.0 Å². The van der Waals surface area contributed by atoms with E-state index in [9.17, 15) is 17.6 Å². The van der Waals surface area contributed by atoms with Crippen LogP contribution in [0, 0.1) is 5.82 Å². The number of carbonyl (C=O) groups is 1. The highest BCUT2D eigenvalue weighted by Crippen LogP contribution is 2.47. The Balaban J connectivity index is 0.000000709. The maximum atomic E-state index is 16.2. The second-order valence-electron chi connectivity index (χ2n) is 7.43. The second-order valence-corrected chi connectivity index (χ2v) is 8.99. The topological polar surface area (TPSA) is 80.5 Å². The highest BCUT2D eigenvalue weighted by Gasteiger charge is 2.53. The van der Waals surface area contributed by atoms with Gasteiger partial charge in [0.15, 0.2) is 0 Å². The number of anilines is 1. The number of carbonyl (C=O) groups excluding carboxylic acids is 1. The first-order chi connectivity index (χ1) is 15.6. The van der Waals surface area contributed by atoms with Crippen LogP contribution < -0.4 is 10.0 Å². The Bertz CT molecular complexity index is 1270. The summed E-state index contributed by atoms with van der Waals surface area (Å²) in [5.41, 5.74) is -1.27. The van der Waals surface area contributed by atoms with Gasteiger partial charge in [-0.3, -0.25) is 4.79 Å². The summed E-state index contributed by atoms with van der Waals surface area (Å²) < 4.78 is 52.4. The van der Waals surface area contributed by atoms with E-state index in [1.807, 2.05) is 26.0 Å². The summed E-state index contributed by atoms with van der Waals surface area (Å²) in [6.07, 6.45) is 4.00. The summed E-state index contributed by atoms with van der Waals surface area (Å²) in [4.78, 5) is 14.3. The van der Waals surface area contributed by atoms with Crippen LogP contribution in [0.5, 0.6) is 0 Å². The van der Waals surface area contributed by atoms with E-state index in [2.05, 4.69) is 0 Å². The third kappa shape index (κ3) is 4.86. The summed E-state index contributed by atoms with van der Waals surface area (Å²) in [7, 11) is -3.94. The quantitative estimate of drug-likeness (QED) is 0.556. The summed E-state index contributed by atoms with van der Waals surface area (Å²) >= 11 is 0. The van der Waals surface area contributed by atoms with Crippen molar-refractivity contribution in [3.63, 3.8) is 0 Å². The molecule has 0 saturated heterocycles. The molecule has 0 bridgehead atoms. The molecule has 1 atom stereocenters. The van der Waals surface area contributed by atoms with Gasteiger partial charge in [0.25, 0.3) is 5.91 Å². The maximum Gasteiger partial charge on any atom is 0.274 e. The number of nitrogens with zero attached hydrogens (tertiary/aromatic N) is 1. The van der Waals surface area contributed by atoms with Crippen LogP contribution in [0.3, 0.4) is 0 Å². The van der Waals surface area contributed by atoms with Gasteiger partial charge in [0.2, 0.25) is 15.7 Å². The smallest absolute Gasteiger partial charge is 0.274 e. The Kier molecular flexibility index (Phi) is 7.09. The van der Waals surface area contributed by atoms with Gasteiger partial charge < -0.3 is 4.90 Å². The van der Waals surface area contributed by atoms with Crippen LogP contribution in [0.1, 0.15) is 30.5 Å². The number of nitrogens with two attached hydrogens (primary N) is 1. The number of alkyl halides is 1. The molecule has 3 aromatic rings. The Morgan fingerprint density at radius 3 is 2.06 bits per heavy atom. The molecule has 1 unspecified atom stereocenters. The number of hydrogen-bond acceptors (Lipinski definition) is 3. The molecule has 5 nitrogen and oxygen atoms in total. The average Bonchev–Trinajstić information content (AvgIpc) is 3.03. The minimum absolute atomic E-state index is 0.00366. The largest absolute Gasteiger partial charge is 0.304 e. The molecule has 172 valence electrons. The number of sulfonamides is 1. The first-order valence-electron chi connectivity index (χ1n) is 10.2. The summed E-state index contributed by atoms with van der Waals surface area (Å²) in [5, 5.41) is 5.09. The monoisotopic (exact) mass is 470 g/mol. The number of benzene rings is 3. The van der Waals surface area contributed by atoms with Crippen LogP contribution in [-0.4, -0.2) is 14.3 Å². The zero-order valence-corrected chi connectivity index (χ0v) is 19.0. The van der Waals surface area contributed by atoms with Crippen molar-refractivity contribution in [1.82, 2.24) is 0 Å². The number of halogens is 2. The van der Waals surface area contributed by atoms with Crippen LogP contribution in [0.25, 0.3) is 0 Å². The van der Waals surface area contributed by atoms with Crippen LogP contribution in [0.2, 0.25) is 0 Å². The van der Waals surface area contributed by atoms with Gasteiger partial charge in [-0.05, 0) is 49.7 Å². The Hall–Kier alpha value is -3.36. The highest BCUT2D eigenvalue weighted by molar-refractivity contribution is 7.89. The van der Waals surface area contributed by atoms with E-state index in [0.29, 0.717) is 11.3 Å². The Morgan fingerprint density at radius 2 is 1.52 bits per heavy atom. The molecule has 0 saturated carbocycles. The minimum atomic E-state index is -3.94. The number of fused-ring (bicyclic) bond motifs is 1. The lowest BCUT2D eigenvalue weighted by Crippen LogP contribution is -2.37. The molecule has 33 heavy (non-hydrogen) atoms. The molecule has 1 aliphatic heterocycles. The van der Waals surface area contributed by atoms with E-state index in [4.69, 9.17) is 5.14 Å². The molecule has 1 amide bonds. The minimum Gasteiger partial charge on any atom is -0.304 e. The molecule has 4 rings (SSSR count). The number of para-hydroxylation sites is 1. The van der Waals surface area contributed by atoms with Crippen LogP contribution in [0.4, 0.5) is 14.5 Å². The van der Waals surface area contributed by atoms with Gasteiger partial charge in [0.05, 0.1) is 17.1 Å². The van der Waals surface area contributed by atoms with E-state index in [-0.39, 0.29) is 22.6 Å².